The molecule has 2 aromatic rings. The van der Waals surface area contributed by atoms with Crippen molar-refractivity contribution in [2.45, 2.75) is 29.9 Å². The van der Waals surface area contributed by atoms with Crippen LogP contribution < -0.4 is 10.1 Å². The normalized spacial score (nSPS) is 13.9. The van der Waals surface area contributed by atoms with E-state index in [0.29, 0.717) is 12.4 Å². The summed E-state index contributed by atoms with van der Waals surface area (Å²) in [4.78, 5) is 0. The predicted octanol–water partition coefficient (Wildman–Crippen LogP) is 3.74. The zero-order valence-corrected chi connectivity index (χ0v) is 14.2. The topological polar surface area (TPSA) is 38.3 Å². The van der Waals surface area contributed by atoms with Crippen molar-refractivity contribution in [1.29, 1.82) is 0 Å². The van der Waals surface area contributed by atoms with Crippen LogP contribution in [0.4, 0.5) is 0 Å². The Hall–Kier alpha value is -1.17. The lowest BCUT2D eigenvalue weighted by Crippen LogP contribution is -2.13. The monoisotopic (exact) mass is 323 g/mol. The van der Waals surface area contributed by atoms with Gasteiger partial charge in [0.15, 0.2) is 0 Å². The van der Waals surface area contributed by atoms with E-state index in [4.69, 9.17) is 4.74 Å². The summed E-state index contributed by atoms with van der Waals surface area (Å²) in [6.45, 7) is 4.68. The fraction of sp³-hybridized carbons (Fsp3) is 0.375. The predicted molar refractivity (Wildman–Crippen MR) is 89.5 cm³/mol. The summed E-state index contributed by atoms with van der Waals surface area (Å²) < 4.78 is 19.0. The lowest BCUT2D eigenvalue weighted by atomic mass is 10.1. The molecule has 1 heterocycles. The zero-order chi connectivity index (χ0) is 15.2. The lowest BCUT2D eigenvalue weighted by molar-refractivity contribution is 0.337. The molecule has 2 atom stereocenters. The summed E-state index contributed by atoms with van der Waals surface area (Å²) in [7, 11) is 0.913. The Morgan fingerprint density at radius 1 is 1.38 bits per heavy atom. The maximum Gasteiger partial charge on any atom is 0.123 e. The highest BCUT2D eigenvalue weighted by atomic mass is 32.2. The van der Waals surface area contributed by atoms with Crippen LogP contribution in [0.25, 0.3) is 0 Å². The highest BCUT2D eigenvalue weighted by molar-refractivity contribution is 7.86. The molecular formula is C16H21NO2S2. The molecule has 21 heavy (non-hydrogen) atoms. The van der Waals surface area contributed by atoms with Crippen LogP contribution in [0, 0.1) is 0 Å². The van der Waals surface area contributed by atoms with Crippen molar-refractivity contribution in [2.24, 2.45) is 0 Å². The molecule has 3 nitrogen and oxygen atoms in total. The Balaban J connectivity index is 2.27. The molecule has 1 aromatic heterocycles. The Morgan fingerprint density at radius 2 is 2.19 bits per heavy atom. The maximum atomic E-state index is 12.4. The molecule has 0 spiro atoms. The van der Waals surface area contributed by atoms with Gasteiger partial charge in [-0.2, -0.15) is 0 Å². The van der Waals surface area contributed by atoms with E-state index in [-0.39, 0.29) is 6.04 Å². The Bertz CT molecular complexity index is 596. The van der Waals surface area contributed by atoms with Crippen molar-refractivity contribution in [2.75, 3.05) is 13.7 Å². The minimum absolute atomic E-state index is 0.259. The molecule has 114 valence electrons. The van der Waals surface area contributed by atoms with E-state index in [9.17, 15) is 4.21 Å². The van der Waals surface area contributed by atoms with E-state index >= 15 is 0 Å². The summed E-state index contributed by atoms with van der Waals surface area (Å²) in [6, 6.07) is 10.2. The third-order valence-corrected chi connectivity index (χ3v) is 5.99. The summed E-state index contributed by atoms with van der Waals surface area (Å²) in [5, 5.41) is 5.18. The fourth-order valence-electron chi connectivity index (χ4n) is 2.05. The molecule has 0 saturated carbocycles. The molecule has 0 aliphatic rings. The number of hydrogen-bond donors (Lipinski definition) is 1. The molecular weight excluding hydrogens is 302 g/mol. The molecule has 0 saturated heterocycles. The lowest BCUT2D eigenvalue weighted by Gasteiger charge is -2.15. The van der Waals surface area contributed by atoms with E-state index in [0.717, 1.165) is 15.5 Å². The molecule has 2 unspecified atom stereocenters. The van der Waals surface area contributed by atoms with Crippen LogP contribution in [0.2, 0.25) is 0 Å². The second kappa shape index (κ2) is 7.73. The first-order valence-corrected chi connectivity index (χ1v) is 9.20. The molecule has 1 aromatic carbocycles. The standard InChI is InChI=1S/C16H21NO2S2/c1-4-19-15-8-7-13(12(2)17-3)10-14(15)11-21(18)16-6-5-9-20-16/h5-10,12,17H,4,11H2,1-3H3. The minimum Gasteiger partial charge on any atom is -0.494 e. The van der Waals surface area contributed by atoms with Crippen LogP contribution in [-0.4, -0.2) is 17.9 Å². The average molecular weight is 323 g/mol. The first-order chi connectivity index (χ1) is 10.2. The third-order valence-electron chi connectivity index (χ3n) is 3.32. The van der Waals surface area contributed by atoms with E-state index in [1.807, 2.05) is 37.6 Å². The number of rotatable bonds is 7. The van der Waals surface area contributed by atoms with Gasteiger partial charge in [-0.3, -0.25) is 4.21 Å². The molecule has 1 N–H and O–H groups in total. The van der Waals surface area contributed by atoms with Gasteiger partial charge in [-0.05, 0) is 50.0 Å². The molecule has 0 aliphatic heterocycles. The first kappa shape index (κ1) is 16.2. The largest absolute Gasteiger partial charge is 0.494 e. The van der Waals surface area contributed by atoms with Gasteiger partial charge in [0, 0.05) is 11.6 Å². The number of thiophene rings is 1. The highest BCUT2D eigenvalue weighted by Crippen LogP contribution is 2.27. The summed E-state index contributed by atoms with van der Waals surface area (Å²) in [6.07, 6.45) is 0. The van der Waals surface area contributed by atoms with Gasteiger partial charge in [-0.1, -0.05) is 12.1 Å². The minimum atomic E-state index is -1.02. The number of nitrogens with one attached hydrogen (secondary N) is 1. The second-order valence-corrected chi connectivity index (χ2v) is 7.36. The van der Waals surface area contributed by atoms with E-state index in [1.165, 1.54) is 16.9 Å². The maximum absolute atomic E-state index is 12.4. The molecule has 0 aliphatic carbocycles. The number of benzene rings is 1. The van der Waals surface area contributed by atoms with E-state index in [1.54, 1.807) is 0 Å². The van der Waals surface area contributed by atoms with Crippen molar-refractivity contribution in [3.8, 4) is 5.75 Å². The third kappa shape index (κ3) is 4.15. The highest BCUT2D eigenvalue weighted by Gasteiger charge is 2.13. The van der Waals surface area contributed by atoms with Crippen LogP contribution >= 0.6 is 11.3 Å². The van der Waals surface area contributed by atoms with Gasteiger partial charge >= 0.3 is 0 Å². The summed E-state index contributed by atoms with van der Waals surface area (Å²) in [5.74, 6) is 1.31. The van der Waals surface area contributed by atoms with Crippen LogP contribution in [-0.2, 0) is 16.6 Å². The molecule has 0 amide bonds. The van der Waals surface area contributed by atoms with Crippen molar-refractivity contribution >= 4 is 22.1 Å². The van der Waals surface area contributed by atoms with Gasteiger partial charge in [0.2, 0.25) is 0 Å². The van der Waals surface area contributed by atoms with Gasteiger partial charge < -0.3 is 10.1 Å². The molecule has 0 bridgehead atoms. The van der Waals surface area contributed by atoms with Gasteiger partial charge in [0.05, 0.1) is 27.4 Å². The van der Waals surface area contributed by atoms with Gasteiger partial charge in [-0.15, -0.1) is 11.3 Å². The van der Waals surface area contributed by atoms with Crippen LogP contribution in [0.5, 0.6) is 5.75 Å². The molecule has 2 rings (SSSR count). The van der Waals surface area contributed by atoms with Crippen LogP contribution in [0.15, 0.2) is 39.9 Å². The molecule has 0 fully saturated rings. The molecule has 0 radical (unpaired) electrons. The van der Waals surface area contributed by atoms with Gasteiger partial charge in [-0.25, -0.2) is 0 Å². The summed E-state index contributed by atoms with van der Waals surface area (Å²) in [5.41, 5.74) is 2.18. The zero-order valence-electron chi connectivity index (χ0n) is 12.6. The van der Waals surface area contributed by atoms with Gasteiger partial charge in [0.25, 0.3) is 0 Å². The first-order valence-electron chi connectivity index (χ1n) is 7.00. The Labute approximate surface area is 132 Å². The second-order valence-electron chi connectivity index (χ2n) is 4.73. The van der Waals surface area contributed by atoms with Gasteiger partial charge in [0.1, 0.15) is 5.75 Å². The van der Waals surface area contributed by atoms with Crippen molar-refractivity contribution in [1.82, 2.24) is 5.32 Å². The van der Waals surface area contributed by atoms with Crippen LogP contribution in [0.1, 0.15) is 31.0 Å². The molecule has 5 heteroatoms. The number of ether oxygens (including phenoxy) is 1. The van der Waals surface area contributed by atoms with E-state index < -0.39 is 10.8 Å². The van der Waals surface area contributed by atoms with Crippen molar-refractivity contribution < 1.29 is 8.95 Å². The quantitative estimate of drug-likeness (QED) is 0.843. The Morgan fingerprint density at radius 3 is 2.81 bits per heavy atom. The Kier molecular flexibility index (Phi) is 5.96. The SMILES string of the molecule is CCOc1ccc(C(C)NC)cc1CS(=O)c1cccs1. The smallest absolute Gasteiger partial charge is 0.123 e. The van der Waals surface area contributed by atoms with Crippen molar-refractivity contribution in [3.63, 3.8) is 0 Å². The summed E-state index contributed by atoms with van der Waals surface area (Å²) >= 11 is 1.53. The number of hydrogen-bond acceptors (Lipinski definition) is 4. The fourth-order valence-corrected chi connectivity index (χ4v) is 4.15. The average Bonchev–Trinajstić information content (AvgIpc) is 3.02. The van der Waals surface area contributed by atoms with Crippen LogP contribution in [0.3, 0.4) is 0 Å². The van der Waals surface area contributed by atoms with E-state index in [2.05, 4.69) is 24.4 Å². The van der Waals surface area contributed by atoms with Crippen molar-refractivity contribution in [3.05, 3.63) is 46.8 Å².